The van der Waals surface area contributed by atoms with Gasteiger partial charge in [-0.2, -0.15) is 0 Å². The van der Waals surface area contributed by atoms with Gasteiger partial charge in [0.1, 0.15) is 11.4 Å². The predicted molar refractivity (Wildman–Crippen MR) is 142 cm³/mol. The van der Waals surface area contributed by atoms with E-state index in [9.17, 15) is 19.5 Å². The van der Waals surface area contributed by atoms with Gasteiger partial charge in [-0.15, -0.1) is 0 Å². The molecule has 2 N–H and O–H groups in total. The van der Waals surface area contributed by atoms with Gasteiger partial charge in [-0.3, -0.25) is 14.6 Å². The molecule has 0 saturated heterocycles. The van der Waals surface area contributed by atoms with E-state index in [-0.39, 0.29) is 22.5 Å². The fourth-order valence-electron chi connectivity index (χ4n) is 3.61. The number of methoxy groups -OCH3 is 1. The van der Waals surface area contributed by atoms with E-state index < -0.39 is 17.7 Å². The average Bonchev–Trinajstić information content (AvgIpc) is 2.93. The zero-order chi connectivity index (χ0) is 26.5. The molecule has 0 radical (unpaired) electrons. The maximum Gasteiger partial charge on any atom is 0.337 e. The molecular weight excluding hydrogens is 494 g/mol. The highest BCUT2D eigenvalue weighted by Gasteiger charge is 2.19. The molecule has 1 heterocycles. The van der Waals surface area contributed by atoms with Crippen molar-refractivity contribution >= 4 is 46.3 Å². The minimum absolute atomic E-state index is 0.0600. The second-order valence-electron chi connectivity index (χ2n) is 8.02. The number of aromatic carboxylic acids is 1. The maximum atomic E-state index is 13.1. The monoisotopic (exact) mass is 515 g/mol. The van der Waals surface area contributed by atoms with Gasteiger partial charge in [0.2, 0.25) is 5.78 Å². The Bertz CT molecular complexity index is 1470. The summed E-state index contributed by atoms with van der Waals surface area (Å²) in [7, 11) is 3.34. The van der Waals surface area contributed by atoms with Gasteiger partial charge in [0.05, 0.1) is 30.2 Å². The predicted octanol–water partition coefficient (Wildman–Crippen LogP) is 5.69. The van der Waals surface area contributed by atoms with Crippen molar-refractivity contribution in [1.29, 1.82) is 0 Å². The van der Waals surface area contributed by atoms with Crippen LogP contribution in [0.2, 0.25) is 5.02 Å². The van der Waals surface area contributed by atoms with Crippen LogP contribution < -0.4 is 15.0 Å². The maximum absolute atomic E-state index is 13.1. The summed E-state index contributed by atoms with van der Waals surface area (Å²) in [4.78, 5) is 43.8. The Balaban J connectivity index is 1.54. The van der Waals surface area contributed by atoms with E-state index in [0.29, 0.717) is 16.3 Å². The van der Waals surface area contributed by atoms with Gasteiger partial charge in [-0.25, -0.2) is 4.79 Å². The first-order chi connectivity index (χ1) is 17.8. The summed E-state index contributed by atoms with van der Waals surface area (Å²) >= 11 is 5.95. The second-order valence-corrected chi connectivity index (χ2v) is 8.45. The van der Waals surface area contributed by atoms with Crippen molar-refractivity contribution in [2.24, 2.45) is 0 Å². The summed E-state index contributed by atoms with van der Waals surface area (Å²) in [6, 6.07) is 21.1. The topological polar surface area (TPSA) is 109 Å². The molecule has 0 saturated carbocycles. The quantitative estimate of drug-likeness (QED) is 0.290. The third-order valence-corrected chi connectivity index (χ3v) is 5.93. The third kappa shape index (κ3) is 5.76. The molecule has 1 aromatic heterocycles. The van der Waals surface area contributed by atoms with Crippen LogP contribution in [0.1, 0.15) is 36.8 Å². The number of carbonyl (C=O) groups is 3. The minimum Gasteiger partial charge on any atom is -0.497 e. The summed E-state index contributed by atoms with van der Waals surface area (Å²) in [6.45, 7) is 0. The molecule has 0 bridgehead atoms. The molecule has 9 heteroatoms. The van der Waals surface area contributed by atoms with Crippen LogP contribution in [0.4, 0.5) is 17.1 Å². The van der Waals surface area contributed by atoms with E-state index in [1.165, 1.54) is 31.4 Å². The molecule has 4 aromatic rings. The van der Waals surface area contributed by atoms with Crippen LogP contribution >= 0.6 is 11.6 Å². The first kappa shape index (κ1) is 25.4. The molecular formula is C28H22ClN3O5. The van der Waals surface area contributed by atoms with Crippen molar-refractivity contribution in [2.45, 2.75) is 0 Å². The molecule has 37 heavy (non-hydrogen) atoms. The second kappa shape index (κ2) is 10.9. The summed E-state index contributed by atoms with van der Waals surface area (Å²) in [5.74, 6) is -1.76. The Morgan fingerprint density at radius 2 is 1.65 bits per heavy atom. The molecule has 0 aliphatic rings. The molecule has 8 nitrogen and oxygen atoms in total. The number of nitrogens with zero attached hydrogens (tertiary/aromatic N) is 2. The number of ether oxygens (including phenoxy) is 1. The minimum atomic E-state index is -1.29. The molecule has 186 valence electrons. The van der Waals surface area contributed by atoms with E-state index in [2.05, 4.69) is 10.3 Å². The van der Waals surface area contributed by atoms with Crippen LogP contribution in [-0.4, -0.2) is 41.9 Å². The zero-order valence-electron chi connectivity index (χ0n) is 19.9. The van der Waals surface area contributed by atoms with Crippen molar-refractivity contribution in [3.8, 4) is 5.75 Å². The Hall–Kier alpha value is -4.69. The van der Waals surface area contributed by atoms with Crippen LogP contribution in [0.15, 0.2) is 85.1 Å². The van der Waals surface area contributed by atoms with E-state index >= 15 is 0 Å². The van der Waals surface area contributed by atoms with Crippen LogP contribution in [0.5, 0.6) is 5.75 Å². The van der Waals surface area contributed by atoms with Gasteiger partial charge < -0.3 is 20.1 Å². The Labute approximate surface area is 218 Å². The lowest BCUT2D eigenvalue weighted by molar-refractivity contribution is 0.0698. The highest BCUT2D eigenvalue weighted by Crippen LogP contribution is 2.26. The van der Waals surface area contributed by atoms with Crippen molar-refractivity contribution in [3.05, 3.63) is 112 Å². The number of amides is 1. The molecule has 0 aliphatic heterocycles. The molecule has 1 amide bonds. The molecule has 0 unspecified atom stereocenters. The van der Waals surface area contributed by atoms with Gasteiger partial charge in [-0.1, -0.05) is 17.7 Å². The standard InChI is InChI=1S/C28H22ClN3O5/c1-32(20-9-7-19(29)8-10-20)21-11-13-25(30-16-21)26(33)17-6-12-24(23(15-17)28(35)36)31-27(34)18-4-3-5-22(14-18)37-2/h3-16H,1-2H3,(H,31,34)(H,35,36). The molecule has 0 fully saturated rings. The number of aromatic nitrogens is 1. The third-order valence-electron chi connectivity index (χ3n) is 5.67. The van der Waals surface area contributed by atoms with Crippen LogP contribution in [0.3, 0.4) is 0 Å². The van der Waals surface area contributed by atoms with Gasteiger partial charge in [-0.05, 0) is 72.8 Å². The average molecular weight is 516 g/mol. The van der Waals surface area contributed by atoms with Crippen LogP contribution in [0.25, 0.3) is 0 Å². The Kier molecular flexibility index (Phi) is 7.50. The number of benzene rings is 3. The molecule has 4 rings (SSSR count). The number of carbonyl (C=O) groups excluding carboxylic acids is 2. The lowest BCUT2D eigenvalue weighted by atomic mass is 10.0. The van der Waals surface area contributed by atoms with E-state index in [0.717, 1.165) is 11.4 Å². The van der Waals surface area contributed by atoms with Gasteiger partial charge >= 0.3 is 5.97 Å². The van der Waals surface area contributed by atoms with Crippen molar-refractivity contribution in [3.63, 3.8) is 0 Å². The van der Waals surface area contributed by atoms with Gasteiger partial charge in [0.25, 0.3) is 5.91 Å². The summed E-state index contributed by atoms with van der Waals surface area (Å²) < 4.78 is 5.12. The lowest BCUT2D eigenvalue weighted by Crippen LogP contribution is -2.16. The highest BCUT2D eigenvalue weighted by molar-refractivity contribution is 6.30. The number of halogens is 1. The number of hydrogen-bond donors (Lipinski definition) is 2. The first-order valence-electron chi connectivity index (χ1n) is 11.1. The summed E-state index contributed by atoms with van der Waals surface area (Å²) in [6.07, 6.45) is 1.56. The SMILES string of the molecule is COc1cccc(C(=O)Nc2ccc(C(=O)c3ccc(N(C)c4ccc(Cl)cc4)cn3)cc2C(=O)O)c1. The Morgan fingerprint density at radius 1 is 0.919 bits per heavy atom. The number of carboxylic acid groups (broad SMARTS) is 1. The Morgan fingerprint density at radius 3 is 2.30 bits per heavy atom. The van der Waals surface area contributed by atoms with E-state index in [4.69, 9.17) is 16.3 Å². The largest absolute Gasteiger partial charge is 0.497 e. The van der Waals surface area contributed by atoms with Crippen molar-refractivity contribution in [1.82, 2.24) is 4.98 Å². The van der Waals surface area contributed by atoms with Crippen LogP contribution in [-0.2, 0) is 0 Å². The van der Waals surface area contributed by atoms with Crippen LogP contribution in [0, 0.1) is 0 Å². The number of anilines is 3. The summed E-state index contributed by atoms with van der Waals surface area (Å²) in [5, 5.41) is 12.9. The number of nitrogens with one attached hydrogen (secondary N) is 1. The lowest BCUT2D eigenvalue weighted by Gasteiger charge is -2.19. The van der Waals surface area contributed by atoms with Gasteiger partial charge in [0.15, 0.2) is 0 Å². The molecule has 3 aromatic carbocycles. The van der Waals surface area contributed by atoms with E-state index in [1.54, 1.807) is 48.7 Å². The van der Waals surface area contributed by atoms with Crippen molar-refractivity contribution < 1.29 is 24.2 Å². The summed E-state index contributed by atoms with van der Waals surface area (Å²) in [5.41, 5.74) is 2.05. The zero-order valence-corrected chi connectivity index (χ0v) is 20.7. The smallest absolute Gasteiger partial charge is 0.337 e. The normalized spacial score (nSPS) is 10.5. The fourth-order valence-corrected chi connectivity index (χ4v) is 3.74. The van der Waals surface area contributed by atoms with Gasteiger partial charge in [0, 0.05) is 28.9 Å². The first-order valence-corrected chi connectivity index (χ1v) is 11.5. The number of ketones is 1. The molecule has 0 spiro atoms. The highest BCUT2D eigenvalue weighted by atomic mass is 35.5. The molecule has 0 atom stereocenters. The fraction of sp³-hybridized carbons (Fsp3) is 0.0714. The number of hydrogen-bond acceptors (Lipinski definition) is 6. The number of carboxylic acids is 1. The van der Waals surface area contributed by atoms with Crippen molar-refractivity contribution in [2.75, 3.05) is 24.4 Å². The number of rotatable bonds is 8. The van der Waals surface area contributed by atoms with E-state index in [1.807, 2.05) is 24.1 Å². The molecule has 0 aliphatic carbocycles. The number of pyridine rings is 1.